The topological polar surface area (TPSA) is 78.9 Å². The van der Waals surface area contributed by atoms with Gasteiger partial charge in [0.25, 0.3) is 0 Å². The summed E-state index contributed by atoms with van der Waals surface area (Å²) in [5, 5.41) is 0. The first kappa shape index (κ1) is 10.5. The Kier molecular flexibility index (Phi) is 2.33. The summed E-state index contributed by atoms with van der Waals surface area (Å²) in [5.41, 5.74) is 8.66. The predicted molar refractivity (Wildman–Crippen MR) is 67.6 cm³/mol. The van der Waals surface area contributed by atoms with Crippen LogP contribution in [0.25, 0.3) is 16.9 Å². The average Bonchev–Trinajstić information content (AvgIpc) is 2.83. The van der Waals surface area contributed by atoms with Crippen LogP contribution in [-0.4, -0.2) is 26.6 Å². The number of benzene rings is 1. The van der Waals surface area contributed by atoms with Crippen LogP contribution in [0.5, 0.6) is 5.88 Å². The summed E-state index contributed by atoms with van der Waals surface area (Å²) in [6.07, 6.45) is 3.12. The molecule has 2 aromatic heterocycles. The Balaban J connectivity index is 2.26. The summed E-state index contributed by atoms with van der Waals surface area (Å²) in [6, 6.07) is 7.47. The van der Waals surface area contributed by atoms with Crippen LogP contribution in [0.3, 0.4) is 0 Å². The van der Waals surface area contributed by atoms with E-state index < -0.39 is 0 Å². The van der Waals surface area contributed by atoms with Gasteiger partial charge in [0.15, 0.2) is 11.2 Å². The number of aromatic nitrogens is 4. The highest BCUT2D eigenvalue weighted by Gasteiger charge is 2.11. The lowest BCUT2D eigenvalue weighted by Crippen LogP contribution is -1.97. The number of ether oxygens (including phenoxy) is 1. The van der Waals surface area contributed by atoms with Gasteiger partial charge in [0, 0.05) is 11.4 Å². The number of anilines is 1. The van der Waals surface area contributed by atoms with Gasteiger partial charge in [-0.25, -0.2) is 9.97 Å². The second-order valence-electron chi connectivity index (χ2n) is 3.76. The lowest BCUT2D eigenvalue weighted by Gasteiger charge is -2.06. The Bertz CT molecular complexity index is 689. The van der Waals surface area contributed by atoms with Gasteiger partial charge in [0.1, 0.15) is 12.7 Å². The zero-order valence-corrected chi connectivity index (χ0v) is 9.74. The number of nitrogens with zero attached hydrogens (tertiary/aromatic N) is 4. The summed E-state index contributed by atoms with van der Waals surface area (Å²) in [7, 11) is 1.57. The fourth-order valence-electron chi connectivity index (χ4n) is 1.81. The van der Waals surface area contributed by atoms with E-state index in [0.29, 0.717) is 17.2 Å². The number of methoxy groups -OCH3 is 1. The van der Waals surface area contributed by atoms with Gasteiger partial charge < -0.3 is 10.5 Å². The largest absolute Gasteiger partial charge is 0.479 e. The first-order valence-corrected chi connectivity index (χ1v) is 5.37. The Labute approximate surface area is 103 Å². The van der Waals surface area contributed by atoms with Crippen molar-refractivity contribution in [3.05, 3.63) is 36.9 Å². The van der Waals surface area contributed by atoms with Crippen LogP contribution < -0.4 is 10.5 Å². The fraction of sp³-hybridized carbons (Fsp3) is 0.0833. The third-order valence-corrected chi connectivity index (χ3v) is 2.67. The summed E-state index contributed by atoms with van der Waals surface area (Å²) in [5.74, 6) is 0.495. The molecule has 0 aliphatic carbocycles. The number of imidazole rings is 1. The number of fused-ring (bicyclic) bond motifs is 1. The molecule has 0 bridgehead atoms. The van der Waals surface area contributed by atoms with Crippen molar-refractivity contribution in [1.29, 1.82) is 0 Å². The maximum Gasteiger partial charge on any atom is 0.243 e. The maximum atomic E-state index is 5.67. The van der Waals surface area contributed by atoms with Crippen LogP contribution in [-0.2, 0) is 0 Å². The van der Waals surface area contributed by atoms with Crippen molar-refractivity contribution in [2.24, 2.45) is 0 Å². The Morgan fingerprint density at radius 2 is 1.89 bits per heavy atom. The number of hydrogen-bond acceptors (Lipinski definition) is 5. The monoisotopic (exact) mass is 241 g/mol. The molecule has 0 radical (unpaired) electrons. The standard InChI is InChI=1S/C12H11N5O/c1-18-12-10-11(14-6-15-12)16-7-17(10)9-4-2-8(13)3-5-9/h2-7H,13H2,1H3. The summed E-state index contributed by atoms with van der Waals surface area (Å²) < 4.78 is 7.10. The first-order chi connectivity index (χ1) is 8.79. The first-order valence-electron chi connectivity index (χ1n) is 5.37. The van der Waals surface area contributed by atoms with Gasteiger partial charge in [0.2, 0.25) is 5.88 Å². The molecule has 90 valence electrons. The smallest absolute Gasteiger partial charge is 0.243 e. The molecule has 0 amide bonds. The predicted octanol–water partition coefficient (Wildman–Crippen LogP) is 1.41. The molecule has 0 saturated heterocycles. The highest BCUT2D eigenvalue weighted by atomic mass is 16.5. The number of nitrogen functional groups attached to an aromatic ring is 1. The number of rotatable bonds is 2. The van der Waals surface area contributed by atoms with Gasteiger partial charge >= 0.3 is 0 Å². The van der Waals surface area contributed by atoms with Crippen LogP contribution in [0.2, 0.25) is 0 Å². The highest BCUT2D eigenvalue weighted by Crippen LogP contribution is 2.23. The summed E-state index contributed by atoms with van der Waals surface area (Å²) >= 11 is 0. The molecule has 6 nitrogen and oxygen atoms in total. The molecule has 0 aliphatic heterocycles. The molecule has 18 heavy (non-hydrogen) atoms. The van der Waals surface area contributed by atoms with Crippen LogP contribution >= 0.6 is 0 Å². The molecule has 0 saturated carbocycles. The second-order valence-corrected chi connectivity index (χ2v) is 3.76. The van der Waals surface area contributed by atoms with Crippen LogP contribution in [0.1, 0.15) is 0 Å². The molecule has 6 heteroatoms. The molecule has 0 unspecified atom stereocenters. The third kappa shape index (κ3) is 1.55. The normalized spacial score (nSPS) is 10.7. The van der Waals surface area contributed by atoms with E-state index >= 15 is 0 Å². The molecule has 2 N–H and O–H groups in total. The second kappa shape index (κ2) is 3.99. The zero-order valence-electron chi connectivity index (χ0n) is 9.74. The van der Waals surface area contributed by atoms with Gasteiger partial charge in [-0.1, -0.05) is 0 Å². The van der Waals surface area contributed by atoms with E-state index in [2.05, 4.69) is 15.0 Å². The van der Waals surface area contributed by atoms with E-state index in [9.17, 15) is 0 Å². The van der Waals surface area contributed by atoms with Crippen molar-refractivity contribution >= 4 is 16.9 Å². The highest BCUT2D eigenvalue weighted by molar-refractivity contribution is 5.78. The van der Waals surface area contributed by atoms with Gasteiger partial charge in [-0.2, -0.15) is 4.98 Å². The van der Waals surface area contributed by atoms with E-state index in [4.69, 9.17) is 10.5 Å². The van der Waals surface area contributed by atoms with Crippen LogP contribution in [0.15, 0.2) is 36.9 Å². The molecule has 3 aromatic rings. The van der Waals surface area contributed by atoms with Crippen molar-refractivity contribution in [2.75, 3.05) is 12.8 Å². The van der Waals surface area contributed by atoms with Crippen molar-refractivity contribution in [3.8, 4) is 11.6 Å². The van der Waals surface area contributed by atoms with Crippen molar-refractivity contribution in [2.45, 2.75) is 0 Å². The molecular formula is C12H11N5O. The summed E-state index contributed by atoms with van der Waals surface area (Å²) in [6.45, 7) is 0. The van der Waals surface area contributed by atoms with E-state index in [-0.39, 0.29) is 0 Å². The Morgan fingerprint density at radius 1 is 1.11 bits per heavy atom. The zero-order chi connectivity index (χ0) is 12.5. The molecule has 2 heterocycles. The quantitative estimate of drug-likeness (QED) is 0.686. The van der Waals surface area contributed by atoms with Gasteiger partial charge in [-0.15, -0.1) is 0 Å². The van der Waals surface area contributed by atoms with Crippen molar-refractivity contribution in [3.63, 3.8) is 0 Å². The van der Waals surface area contributed by atoms with E-state index in [1.54, 1.807) is 13.4 Å². The van der Waals surface area contributed by atoms with Gasteiger partial charge in [0.05, 0.1) is 7.11 Å². The number of nitrogens with two attached hydrogens (primary N) is 1. The van der Waals surface area contributed by atoms with E-state index in [1.807, 2.05) is 28.8 Å². The summed E-state index contributed by atoms with van der Waals surface area (Å²) in [4.78, 5) is 12.4. The average molecular weight is 241 g/mol. The molecule has 0 fully saturated rings. The fourth-order valence-corrected chi connectivity index (χ4v) is 1.81. The SMILES string of the molecule is COc1ncnc2ncn(-c3ccc(N)cc3)c12. The number of hydrogen-bond donors (Lipinski definition) is 1. The lowest BCUT2D eigenvalue weighted by molar-refractivity contribution is 0.401. The Morgan fingerprint density at radius 3 is 2.61 bits per heavy atom. The molecule has 0 spiro atoms. The van der Waals surface area contributed by atoms with E-state index in [0.717, 1.165) is 11.2 Å². The maximum absolute atomic E-state index is 5.67. The minimum Gasteiger partial charge on any atom is -0.479 e. The Hall–Kier alpha value is -2.63. The molecule has 3 rings (SSSR count). The van der Waals surface area contributed by atoms with Crippen molar-refractivity contribution in [1.82, 2.24) is 19.5 Å². The van der Waals surface area contributed by atoms with Crippen molar-refractivity contribution < 1.29 is 4.74 Å². The molecule has 0 atom stereocenters. The van der Waals surface area contributed by atoms with Crippen LogP contribution in [0.4, 0.5) is 5.69 Å². The van der Waals surface area contributed by atoms with Crippen LogP contribution in [0, 0.1) is 0 Å². The third-order valence-electron chi connectivity index (χ3n) is 2.67. The lowest BCUT2D eigenvalue weighted by atomic mass is 10.3. The van der Waals surface area contributed by atoms with E-state index in [1.165, 1.54) is 6.33 Å². The molecule has 0 aliphatic rings. The van der Waals surface area contributed by atoms with Gasteiger partial charge in [-0.3, -0.25) is 4.57 Å². The molecular weight excluding hydrogens is 230 g/mol. The minimum atomic E-state index is 0.495. The molecule has 1 aromatic carbocycles. The van der Waals surface area contributed by atoms with Gasteiger partial charge in [-0.05, 0) is 24.3 Å². The minimum absolute atomic E-state index is 0.495.